The number of aromatic nitrogens is 2. The molecule has 2 rings (SSSR count). The minimum Gasteiger partial charge on any atom is -0.494 e. The van der Waals surface area contributed by atoms with Crippen molar-refractivity contribution in [3.63, 3.8) is 0 Å². The molecular weight excluding hydrogens is 221 g/mol. The van der Waals surface area contributed by atoms with Crippen LogP contribution in [0.1, 0.15) is 0 Å². The number of nitriles is 1. The third-order valence-corrected chi connectivity index (χ3v) is 2.35. The fourth-order valence-electron chi connectivity index (χ4n) is 1.52. The highest BCUT2D eigenvalue weighted by molar-refractivity contribution is 5.62. The maximum Gasteiger partial charge on any atom is 0.165 e. The summed E-state index contributed by atoms with van der Waals surface area (Å²) in [7, 11) is 1.42. The zero-order valence-corrected chi connectivity index (χ0v) is 9.22. The standard InChI is InChI=1S/C12H10FN3O/c1-17-12-3-2-9(6-11(12)13)10-7-15-16(8-10)5-4-14/h2-3,6-8H,5H2,1H3. The zero-order chi connectivity index (χ0) is 12.3. The average molecular weight is 231 g/mol. The molecule has 0 aliphatic heterocycles. The van der Waals surface area contributed by atoms with Crippen molar-refractivity contribution >= 4 is 0 Å². The molecular formula is C12H10FN3O. The van der Waals surface area contributed by atoms with Crippen molar-refractivity contribution in [3.8, 4) is 22.9 Å². The number of rotatable bonds is 3. The maximum atomic E-state index is 13.5. The summed E-state index contributed by atoms with van der Waals surface area (Å²) in [6.45, 7) is 0.179. The van der Waals surface area contributed by atoms with E-state index in [0.29, 0.717) is 5.56 Å². The summed E-state index contributed by atoms with van der Waals surface area (Å²) in [4.78, 5) is 0. The van der Waals surface area contributed by atoms with Crippen molar-refractivity contribution in [2.75, 3.05) is 7.11 Å². The lowest BCUT2D eigenvalue weighted by Crippen LogP contribution is -1.94. The summed E-state index contributed by atoms with van der Waals surface area (Å²) >= 11 is 0. The third-order valence-electron chi connectivity index (χ3n) is 2.35. The van der Waals surface area contributed by atoms with E-state index in [1.165, 1.54) is 17.9 Å². The van der Waals surface area contributed by atoms with E-state index in [0.717, 1.165) is 5.56 Å². The number of hydrogen-bond donors (Lipinski definition) is 0. The second-order valence-corrected chi connectivity index (χ2v) is 3.43. The van der Waals surface area contributed by atoms with Gasteiger partial charge in [-0.3, -0.25) is 4.68 Å². The Balaban J connectivity index is 2.33. The molecule has 0 saturated heterocycles. The number of ether oxygens (including phenoxy) is 1. The van der Waals surface area contributed by atoms with Crippen molar-refractivity contribution in [2.24, 2.45) is 0 Å². The highest BCUT2D eigenvalue weighted by Crippen LogP contribution is 2.24. The Kier molecular flexibility index (Phi) is 3.06. The summed E-state index contributed by atoms with van der Waals surface area (Å²) in [5.74, 6) is -0.212. The highest BCUT2D eigenvalue weighted by atomic mass is 19.1. The van der Waals surface area contributed by atoms with Gasteiger partial charge in [0.15, 0.2) is 11.6 Å². The lowest BCUT2D eigenvalue weighted by atomic mass is 10.1. The van der Waals surface area contributed by atoms with E-state index in [-0.39, 0.29) is 12.3 Å². The second-order valence-electron chi connectivity index (χ2n) is 3.43. The molecule has 0 N–H and O–H groups in total. The van der Waals surface area contributed by atoms with Gasteiger partial charge in [0.2, 0.25) is 0 Å². The van der Waals surface area contributed by atoms with Gasteiger partial charge >= 0.3 is 0 Å². The Morgan fingerprint density at radius 1 is 1.47 bits per heavy atom. The number of hydrogen-bond acceptors (Lipinski definition) is 3. The van der Waals surface area contributed by atoms with Gasteiger partial charge in [-0.05, 0) is 17.7 Å². The van der Waals surface area contributed by atoms with Gasteiger partial charge < -0.3 is 4.74 Å². The van der Waals surface area contributed by atoms with E-state index in [9.17, 15) is 4.39 Å². The quantitative estimate of drug-likeness (QED) is 0.813. The van der Waals surface area contributed by atoms with Crippen LogP contribution in [0, 0.1) is 17.1 Å². The van der Waals surface area contributed by atoms with Crippen LogP contribution in [0.4, 0.5) is 4.39 Å². The van der Waals surface area contributed by atoms with Crippen molar-refractivity contribution in [1.29, 1.82) is 5.26 Å². The van der Waals surface area contributed by atoms with Gasteiger partial charge in [-0.2, -0.15) is 10.4 Å². The molecule has 0 saturated carbocycles. The molecule has 0 aliphatic rings. The summed E-state index contributed by atoms with van der Waals surface area (Å²) in [5, 5.41) is 12.5. The molecule has 1 aromatic carbocycles. The first-order valence-electron chi connectivity index (χ1n) is 4.98. The van der Waals surface area contributed by atoms with Crippen LogP contribution in [0.2, 0.25) is 0 Å². The van der Waals surface area contributed by atoms with Crippen molar-refractivity contribution in [3.05, 3.63) is 36.4 Å². The molecule has 0 radical (unpaired) electrons. The minimum atomic E-state index is -0.418. The Labute approximate surface area is 97.9 Å². The molecule has 0 fully saturated rings. The normalized spacial score (nSPS) is 9.94. The van der Waals surface area contributed by atoms with E-state index in [4.69, 9.17) is 10.00 Å². The van der Waals surface area contributed by atoms with Crippen LogP contribution in [-0.4, -0.2) is 16.9 Å². The first-order chi connectivity index (χ1) is 8.24. The number of benzene rings is 1. The van der Waals surface area contributed by atoms with Crippen LogP contribution in [-0.2, 0) is 6.54 Å². The lowest BCUT2D eigenvalue weighted by molar-refractivity contribution is 0.386. The predicted molar refractivity (Wildman–Crippen MR) is 59.8 cm³/mol. The molecule has 0 aliphatic carbocycles. The monoisotopic (exact) mass is 231 g/mol. The highest BCUT2D eigenvalue weighted by Gasteiger charge is 2.06. The Morgan fingerprint density at radius 3 is 2.94 bits per heavy atom. The van der Waals surface area contributed by atoms with Gasteiger partial charge in [0.05, 0.1) is 19.4 Å². The molecule has 1 heterocycles. The Morgan fingerprint density at radius 2 is 2.29 bits per heavy atom. The van der Waals surface area contributed by atoms with Crippen LogP contribution < -0.4 is 4.74 Å². The Bertz CT molecular complexity index is 571. The number of halogens is 1. The zero-order valence-electron chi connectivity index (χ0n) is 9.22. The predicted octanol–water partition coefficient (Wildman–Crippen LogP) is 2.22. The fraction of sp³-hybridized carbons (Fsp3) is 0.167. The van der Waals surface area contributed by atoms with Crippen LogP contribution in [0.3, 0.4) is 0 Å². The first kappa shape index (κ1) is 11.1. The Hall–Kier alpha value is -2.35. The van der Waals surface area contributed by atoms with Crippen molar-refractivity contribution < 1.29 is 9.13 Å². The van der Waals surface area contributed by atoms with E-state index < -0.39 is 5.82 Å². The molecule has 2 aromatic rings. The second kappa shape index (κ2) is 4.66. The number of nitrogens with zero attached hydrogens (tertiary/aromatic N) is 3. The summed E-state index contributed by atoms with van der Waals surface area (Å²) < 4.78 is 19.8. The minimum absolute atomic E-state index is 0.179. The number of methoxy groups -OCH3 is 1. The van der Waals surface area contributed by atoms with Gasteiger partial charge in [-0.1, -0.05) is 6.07 Å². The van der Waals surface area contributed by atoms with Crippen LogP contribution in [0.25, 0.3) is 11.1 Å². The lowest BCUT2D eigenvalue weighted by Gasteiger charge is -2.03. The summed E-state index contributed by atoms with van der Waals surface area (Å²) in [6, 6.07) is 6.67. The van der Waals surface area contributed by atoms with E-state index in [1.54, 1.807) is 24.5 Å². The smallest absolute Gasteiger partial charge is 0.165 e. The van der Waals surface area contributed by atoms with Gasteiger partial charge in [-0.15, -0.1) is 0 Å². The first-order valence-corrected chi connectivity index (χ1v) is 4.98. The molecule has 0 atom stereocenters. The van der Waals surface area contributed by atoms with Gasteiger partial charge in [-0.25, -0.2) is 4.39 Å². The molecule has 17 heavy (non-hydrogen) atoms. The molecule has 86 valence electrons. The van der Waals surface area contributed by atoms with Gasteiger partial charge in [0.1, 0.15) is 6.54 Å². The molecule has 0 amide bonds. The molecule has 5 heteroatoms. The molecule has 4 nitrogen and oxygen atoms in total. The average Bonchev–Trinajstić information content (AvgIpc) is 2.78. The van der Waals surface area contributed by atoms with E-state index in [1.807, 2.05) is 6.07 Å². The summed E-state index contributed by atoms with van der Waals surface area (Å²) in [6.07, 6.45) is 3.29. The maximum absolute atomic E-state index is 13.5. The third kappa shape index (κ3) is 2.26. The van der Waals surface area contributed by atoms with Crippen molar-refractivity contribution in [2.45, 2.75) is 6.54 Å². The van der Waals surface area contributed by atoms with Gasteiger partial charge in [0, 0.05) is 11.8 Å². The van der Waals surface area contributed by atoms with E-state index in [2.05, 4.69) is 5.10 Å². The SMILES string of the molecule is COc1ccc(-c2cnn(CC#N)c2)cc1F. The largest absolute Gasteiger partial charge is 0.494 e. The van der Waals surface area contributed by atoms with Crippen LogP contribution in [0.15, 0.2) is 30.6 Å². The van der Waals surface area contributed by atoms with Crippen LogP contribution in [0.5, 0.6) is 5.75 Å². The topological polar surface area (TPSA) is 50.8 Å². The molecule has 0 unspecified atom stereocenters. The van der Waals surface area contributed by atoms with E-state index >= 15 is 0 Å². The van der Waals surface area contributed by atoms with Crippen molar-refractivity contribution in [1.82, 2.24) is 9.78 Å². The molecule has 0 spiro atoms. The molecule has 0 bridgehead atoms. The fourth-order valence-corrected chi connectivity index (χ4v) is 1.52. The van der Waals surface area contributed by atoms with Crippen LogP contribution >= 0.6 is 0 Å². The van der Waals surface area contributed by atoms with Gasteiger partial charge in [0.25, 0.3) is 0 Å². The summed E-state index contributed by atoms with van der Waals surface area (Å²) in [5.41, 5.74) is 1.47. The molecule has 1 aromatic heterocycles.